The lowest BCUT2D eigenvalue weighted by molar-refractivity contribution is -0.384. The number of non-ortho nitro benzene ring substituents is 1. The third-order valence-electron chi connectivity index (χ3n) is 3.63. The lowest BCUT2D eigenvalue weighted by atomic mass is 10.1. The summed E-state index contributed by atoms with van der Waals surface area (Å²) in [7, 11) is 0. The first kappa shape index (κ1) is 18.4. The Balaban J connectivity index is 1.68. The van der Waals surface area contributed by atoms with Crippen molar-refractivity contribution in [2.45, 2.75) is 19.3 Å². The zero-order valence-corrected chi connectivity index (χ0v) is 13.8. The maximum absolute atomic E-state index is 11.9. The molecule has 0 aromatic heterocycles. The fraction of sp³-hybridized carbons (Fsp3) is 0.278. The number of hydrogen-bond acceptors (Lipinski definition) is 5. The molecule has 0 bridgehead atoms. The van der Waals surface area contributed by atoms with Crippen molar-refractivity contribution in [3.63, 3.8) is 0 Å². The number of nitrogens with one attached hydrogen (secondary N) is 2. The molecule has 0 aliphatic heterocycles. The summed E-state index contributed by atoms with van der Waals surface area (Å²) in [5, 5.41) is 25.4. The molecule has 7 nitrogen and oxygen atoms in total. The standard InChI is InChI=1S/C18H21N3O4/c22-13-11-14-3-5-16(6-4-14)20-18(23)2-1-12-19-15-7-9-17(10-8-15)21(24)25/h3-10,19,22H,1-2,11-13H2,(H,20,23). The molecule has 1 amide bonds. The summed E-state index contributed by atoms with van der Waals surface area (Å²) < 4.78 is 0. The van der Waals surface area contributed by atoms with E-state index in [1.54, 1.807) is 12.1 Å². The van der Waals surface area contributed by atoms with E-state index in [2.05, 4.69) is 10.6 Å². The van der Waals surface area contributed by atoms with Crippen LogP contribution in [0, 0.1) is 10.1 Å². The second-order valence-electron chi connectivity index (χ2n) is 5.55. The van der Waals surface area contributed by atoms with Crippen LogP contribution in [-0.4, -0.2) is 29.1 Å². The quantitative estimate of drug-likeness (QED) is 0.369. The summed E-state index contributed by atoms with van der Waals surface area (Å²) in [6.07, 6.45) is 1.62. The third kappa shape index (κ3) is 6.23. The number of nitro groups is 1. The van der Waals surface area contributed by atoms with Crippen molar-refractivity contribution in [2.24, 2.45) is 0 Å². The van der Waals surface area contributed by atoms with Crippen molar-refractivity contribution in [1.82, 2.24) is 0 Å². The van der Waals surface area contributed by atoms with Crippen LogP contribution in [0.2, 0.25) is 0 Å². The van der Waals surface area contributed by atoms with E-state index in [4.69, 9.17) is 5.11 Å². The molecule has 0 unspecified atom stereocenters. The van der Waals surface area contributed by atoms with Gasteiger partial charge in [-0.1, -0.05) is 12.1 Å². The number of rotatable bonds is 9. The number of aliphatic hydroxyl groups excluding tert-OH is 1. The van der Waals surface area contributed by atoms with Crippen molar-refractivity contribution >= 4 is 23.0 Å². The van der Waals surface area contributed by atoms with Gasteiger partial charge in [0.25, 0.3) is 5.69 Å². The van der Waals surface area contributed by atoms with Crippen LogP contribution in [0.4, 0.5) is 17.1 Å². The number of amides is 1. The van der Waals surface area contributed by atoms with Gasteiger partial charge in [-0.2, -0.15) is 0 Å². The Morgan fingerprint density at radius 1 is 1.04 bits per heavy atom. The van der Waals surface area contributed by atoms with Crippen LogP contribution in [0.3, 0.4) is 0 Å². The van der Waals surface area contributed by atoms with Crippen molar-refractivity contribution in [3.05, 3.63) is 64.2 Å². The largest absolute Gasteiger partial charge is 0.396 e. The van der Waals surface area contributed by atoms with E-state index in [1.165, 1.54) is 12.1 Å². The number of nitro benzene ring substituents is 1. The fourth-order valence-corrected chi connectivity index (χ4v) is 2.29. The Kier molecular flexibility index (Phi) is 6.91. The minimum Gasteiger partial charge on any atom is -0.396 e. The van der Waals surface area contributed by atoms with Gasteiger partial charge in [0.15, 0.2) is 0 Å². The zero-order chi connectivity index (χ0) is 18.1. The molecule has 2 rings (SSSR count). The maximum Gasteiger partial charge on any atom is 0.269 e. The van der Waals surface area contributed by atoms with Crippen LogP contribution in [-0.2, 0) is 11.2 Å². The van der Waals surface area contributed by atoms with E-state index < -0.39 is 4.92 Å². The molecule has 0 saturated carbocycles. The Bertz CT molecular complexity index is 699. The van der Waals surface area contributed by atoms with Crippen molar-refractivity contribution < 1.29 is 14.8 Å². The summed E-state index contributed by atoms with van der Waals surface area (Å²) in [4.78, 5) is 22.0. The van der Waals surface area contributed by atoms with Crippen molar-refractivity contribution in [3.8, 4) is 0 Å². The highest BCUT2D eigenvalue weighted by Crippen LogP contribution is 2.15. The Hall–Kier alpha value is -2.93. The summed E-state index contributed by atoms with van der Waals surface area (Å²) in [6.45, 7) is 0.703. The second-order valence-corrected chi connectivity index (χ2v) is 5.55. The Morgan fingerprint density at radius 3 is 2.28 bits per heavy atom. The summed E-state index contributed by atoms with van der Waals surface area (Å²) >= 11 is 0. The maximum atomic E-state index is 11.9. The number of aliphatic hydroxyl groups is 1. The van der Waals surface area contributed by atoms with E-state index in [-0.39, 0.29) is 18.2 Å². The number of carbonyl (C=O) groups is 1. The van der Waals surface area contributed by atoms with Gasteiger partial charge in [0.1, 0.15) is 0 Å². The summed E-state index contributed by atoms with van der Waals surface area (Å²) in [5.41, 5.74) is 2.59. The molecule has 7 heteroatoms. The predicted molar refractivity (Wildman–Crippen MR) is 96.7 cm³/mol. The molecule has 0 fully saturated rings. The molecule has 2 aromatic rings. The molecule has 3 N–H and O–H groups in total. The number of benzene rings is 2. The highest BCUT2D eigenvalue weighted by atomic mass is 16.6. The Labute approximate surface area is 145 Å². The molecule has 0 aliphatic rings. The van der Waals surface area contributed by atoms with Crippen LogP contribution in [0.1, 0.15) is 18.4 Å². The number of carbonyl (C=O) groups excluding carboxylic acids is 1. The molecule has 0 radical (unpaired) electrons. The first-order valence-electron chi connectivity index (χ1n) is 8.06. The second kappa shape index (κ2) is 9.39. The topological polar surface area (TPSA) is 104 Å². The SMILES string of the molecule is O=C(CCCNc1ccc([N+](=O)[O-])cc1)Nc1ccc(CCO)cc1. The van der Waals surface area contributed by atoms with Gasteiger partial charge in [-0.25, -0.2) is 0 Å². The van der Waals surface area contributed by atoms with Gasteiger partial charge in [-0.15, -0.1) is 0 Å². The van der Waals surface area contributed by atoms with Gasteiger partial charge in [-0.3, -0.25) is 14.9 Å². The molecule has 25 heavy (non-hydrogen) atoms. The molecule has 0 spiro atoms. The van der Waals surface area contributed by atoms with Crippen LogP contribution < -0.4 is 10.6 Å². The monoisotopic (exact) mass is 343 g/mol. The molecule has 0 saturated heterocycles. The van der Waals surface area contributed by atoms with Gasteiger partial charge < -0.3 is 15.7 Å². The minimum atomic E-state index is -0.440. The zero-order valence-electron chi connectivity index (χ0n) is 13.8. The summed E-state index contributed by atoms with van der Waals surface area (Å²) in [5.74, 6) is -0.0691. The van der Waals surface area contributed by atoms with E-state index in [0.717, 1.165) is 16.9 Å². The fourth-order valence-electron chi connectivity index (χ4n) is 2.29. The van der Waals surface area contributed by atoms with Crippen LogP contribution >= 0.6 is 0 Å². The third-order valence-corrected chi connectivity index (χ3v) is 3.63. The molecular weight excluding hydrogens is 322 g/mol. The smallest absolute Gasteiger partial charge is 0.269 e. The van der Waals surface area contributed by atoms with E-state index >= 15 is 0 Å². The average Bonchev–Trinajstić information content (AvgIpc) is 2.61. The molecule has 0 atom stereocenters. The molecule has 2 aromatic carbocycles. The molecule has 132 valence electrons. The number of anilines is 2. The van der Waals surface area contributed by atoms with Gasteiger partial charge in [0.05, 0.1) is 4.92 Å². The van der Waals surface area contributed by atoms with Crippen molar-refractivity contribution in [1.29, 1.82) is 0 Å². The van der Waals surface area contributed by atoms with Gasteiger partial charge in [-0.05, 0) is 42.7 Å². The number of hydrogen-bond donors (Lipinski definition) is 3. The minimum absolute atomic E-state index is 0.0509. The number of nitrogens with zero attached hydrogens (tertiary/aromatic N) is 1. The highest BCUT2D eigenvalue weighted by molar-refractivity contribution is 5.90. The molecular formula is C18H21N3O4. The lowest BCUT2D eigenvalue weighted by Gasteiger charge is -2.08. The average molecular weight is 343 g/mol. The lowest BCUT2D eigenvalue weighted by Crippen LogP contribution is -2.13. The van der Waals surface area contributed by atoms with Crippen LogP contribution in [0.5, 0.6) is 0 Å². The predicted octanol–water partition coefficient (Wildman–Crippen LogP) is 2.96. The van der Waals surface area contributed by atoms with E-state index in [9.17, 15) is 14.9 Å². The van der Waals surface area contributed by atoms with E-state index in [1.807, 2.05) is 24.3 Å². The normalized spacial score (nSPS) is 10.3. The van der Waals surface area contributed by atoms with E-state index in [0.29, 0.717) is 25.8 Å². The summed E-state index contributed by atoms with van der Waals surface area (Å²) in [6, 6.07) is 13.6. The van der Waals surface area contributed by atoms with Crippen LogP contribution in [0.25, 0.3) is 0 Å². The Morgan fingerprint density at radius 2 is 1.68 bits per heavy atom. The van der Waals surface area contributed by atoms with Gasteiger partial charge >= 0.3 is 0 Å². The van der Waals surface area contributed by atoms with Gasteiger partial charge in [0.2, 0.25) is 5.91 Å². The van der Waals surface area contributed by atoms with Gasteiger partial charge in [0, 0.05) is 43.1 Å². The van der Waals surface area contributed by atoms with Crippen LogP contribution in [0.15, 0.2) is 48.5 Å². The molecule has 0 heterocycles. The first-order chi connectivity index (χ1) is 12.1. The highest BCUT2D eigenvalue weighted by Gasteiger charge is 2.05. The van der Waals surface area contributed by atoms with Crippen molar-refractivity contribution in [2.75, 3.05) is 23.8 Å². The molecule has 0 aliphatic carbocycles. The first-order valence-corrected chi connectivity index (χ1v) is 8.06.